The number of carboxylic acids is 1. The summed E-state index contributed by atoms with van der Waals surface area (Å²) in [6.45, 7) is -0.435. The average molecular weight is 226 g/mol. The van der Waals surface area contributed by atoms with Crippen molar-refractivity contribution in [1.82, 2.24) is 10.3 Å². The van der Waals surface area contributed by atoms with Crippen LogP contribution >= 0.6 is 0 Å². The van der Waals surface area contributed by atoms with Crippen molar-refractivity contribution in [2.75, 3.05) is 6.54 Å². The molecule has 0 saturated heterocycles. The van der Waals surface area contributed by atoms with E-state index in [2.05, 4.69) is 10.3 Å². The first kappa shape index (κ1) is 11.9. The molecule has 7 nitrogen and oxygen atoms in total. The van der Waals surface area contributed by atoms with E-state index in [1.165, 1.54) is 12.3 Å². The van der Waals surface area contributed by atoms with Crippen molar-refractivity contribution in [3.63, 3.8) is 0 Å². The van der Waals surface area contributed by atoms with Gasteiger partial charge in [-0.15, -0.1) is 0 Å². The van der Waals surface area contributed by atoms with Gasteiger partial charge in [0.25, 0.3) is 5.91 Å². The summed E-state index contributed by atoms with van der Waals surface area (Å²) in [6.07, 6.45) is 0.720. The number of carbonyl (C=O) groups is 2. The van der Waals surface area contributed by atoms with Gasteiger partial charge in [-0.25, -0.2) is 4.79 Å². The van der Waals surface area contributed by atoms with Crippen molar-refractivity contribution in [1.29, 1.82) is 0 Å². The third kappa shape index (κ3) is 2.92. The minimum atomic E-state index is -1.67. The lowest BCUT2D eigenvalue weighted by molar-refractivity contribution is -0.146. The van der Waals surface area contributed by atoms with Gasteiger partial charge in [0.05, 0.1) is 18.3 Å². The predicted molar refractivity (Wildman–Crippen MR) is 51.9 cm³/mol. The highest BCUT2D eigenvalue weighted by Gasteiger charge is 2.16. The molecule has 0 aliphatic carbocycles. The first-order valence-corrected chi connectivity index (χ1v) is 4.34. The standard InChI is InChI=1S/C9H10N2O5/c12-6-3-10-2-1-5(6)8(14)11-4-7(13)9(15)16/h1-3,7,12-13H,4H2,(H,11,14)(H,15,16). The van der Waals surface area contributed by atoms with Gasteiger partial charge in [-0.1, -0.05) is 0 Å². The summed E-state index contributed by atoms with van der Waals surface area (Å²) in [5, 5.41) is 28.7. The fraction of sp³-hybridized carbons (Fsp3) is 0.222. The molecular weight excluding hydrogens is 216 g/mol. The van der Waals surface area contributed by atoms with E-state index in [0.717, 1.165) is 6.20 Å². The average Bonchev–Trinajstić information content (AvgIpc) is 2.25. The van der Waals surface area contributed by atoms with Gasteiger partial charge in [-0.2, -0.15) is 0 Å². The summed E-state index contributed by atoms with van der Waals surface area (Å²) in [5.41, 5.74) is -0.0346. The molecule has 0 saturated carbocycles. The molecule has 0 aliphatic heterocycles. The van der Waals surface area contributed by atoms with E-state index < -0.39 is 24.5 Å². The van der Waals surface area contributed by atoms with Crippen LogP contribution in [-0.2, 0) is 4.79 Å². The van der Waals surface area contributed by atoms with Crippen LogP contribution in [0.25, 0.3) is 0 Å². The zero-order chi connectivity index (χ0) is 12.1. The van der Waals surface area contributed by atoms with Crippen LogP contribution < -0.4 is 5.32 Å². The quantitative estimate of drug-likeness (QED) is 0.520. The predicted octanol–water partition coefficient (Wildman–Crippen LogP) is -1.04. The number of hydrogen-bond acceptors (Lipinski definition) is 5. The molecule has 16 heavy (non-hydrogen) atoms. The molecule has 1 heterocycles. The van der Waals surface area contributed by atoms with E-state index in [1.54, 1.807) is 0 Å². The smallest absolute Gasteiger partial charge is 0.334 e. The maximum absolute atomic E-state index is 11.4. The summed E-state index contributed by atoms with van der Waals surface area (Å²) >= 11 is 0. The topological polar surface area (TPSA) is 120 Å². The van der Waals surface area contributed by atoms with Gasteiger partial charge in [0.2, 0.25) is 0 Å². The monoisotopic (exact) mass is 226 g/mol. The highest BCUT2D eigenvalue weighted by Crippen LogP contribution is 2.12. The summed E-state index contributed by atoms with van der Waals surface area (Å²) in [4.78, 5) is 25.2. The van der Waals surface area contributed by atoms with Crippen molar-refractivity contribution < 1.29 is 24.9 Å². The fourth-order valence-electron chi connectivity index (χ4n) is 0.950. The molecule has 1 aromatic heterocycles. The number of rotatable bonds is 4. The highest BCUT2D eigenvalue weighted by atomic mass is 16.4. The van der Waals surface area contributed by atoms with Crippen LogP contribution in [0.2, 0.25) is 0 Å². The Morgan fingerprint density at radius 2 is 2.19 bits per heavy atom. The highest BCUT2D eigenvalue weighted by molar-refractivity contribution is 5.96. The molecule has 86 valence electrons. The molecule has 7 heteroatoms. The summed E-state index contributed by atoms with van der Waals surface area (Å²) in [5.74, 6) is -2.43. The van der Waals surface area contributed by atoms with Gasteiger partial charge in [-0.3, -0.25) is 9.78 Å². The number of aromatic hydroxyl groups is 1. The molecule has 0 aliphatic rings. The Labute approximate surface area is 90.4 Å². The lowest BCUT2D eigenvalue weighted by Crippen LogP contribution is -2.36. The number of nitrogens with zero attached hydrogens (tertiary/aromatic N) is 1. The molecule has 1 unspecified atom stereocenters. The molecule has 1 rings (SSSR count). The summed E-state index contributed by atoms with van der Waals surface area (Å²) in [7, 11) is 0. The molecule has 0 radical (unpaired) electrons. The number of hydrogen-bond donors (Lipinski definition) is 4. The molecule has 0 fully saturated rings. The van der Waals surface area contributed by atoms with Crippen molar-refractivity contribution in [2.24, 2.45) is 0 Å². The van der Waals surface area contributed by atoms with Crippen LogP contribution in [0, 0.1) is 0 Å². The van der Waals surface area contributed by atoms with Gasteiger partial charge in [0.15, 0.2) is 6.10 Å². The SMILES string of the molecule is O=C(NCC(O)C(=O)O)c1ccncc1O. The van der Waals surface area contributed by atoms with Crippen LogP contribution in [0.3, 0.4) is 0 Å². The summed E-state index contributed by atoms with van der Waals surface area (Å²) < 4.78 is 0. The molecule has 1 atom stereocenters. The maximum atomic E-state index is 11.4. The third-order valence-electron chi connectivity index (χ3n) is 1.79. The number of aliphatic hydroxyl groups is 1. The number of pyridine rings is 1. The fourth-order valence-corrected chi connectivity index (χ4v) is 0.950. The molecule has 1 amide bonds. The molecule has 0 bridgehead atoms. The Kier molecular flexibility index (Phi) is 3.78. The molecular formula is C9H10N2O5. The second kappa shape index (κ2) is 5.08. The van der Waals surface area contributed by atoms with Crippen LogP contribution in [0.15, 0.2) is 18.5 Å². The number of carbonyl (C=O) groups excluding carboxylic acids is 1. The zero-order valence-electron chi connectivity index (χ0n) is 8.12. The van der Waals surface area contributed by atoms with E-state index >= 15 is 0 Å². The number of aromatic nitrogens is 1. The van der Waals surface area contributed by atoms with E-state index in [4.69, 9.17) is 10.2 Å². The third-order valence-corrected chi connectivity index (χ3v) is 1.79. The first-order valence-electron chi connectivity index (χ1n) is 4.34. The molecule has 0 aromatic carbocycles. The Bertz CT molecular complexity index is 407. The maximum Gasteiger partial charge on any atom is 0.334 e. The van der Waals surface area contributed by atoms with Crippen LogP contribution in [0.5, 0.6) is 5.75 Å². The number of aliphatic hydroxyl groups excluding tert-OH is 1. The van der Waals surface area contributed by atoms with E-state index in [0.29, 0.717) is 0 Å². The van der Waals surface area contributed by atoms with Gasteiger partial charge in [0, 0.05) is 6.20 Å². The van der Waals surface area contributed by atoms with Crippen LogP contribution in [0.4, 0.5) is 0 Å². The minimum absolute atomic E-state index is 0.0346. The van der Waals surface area contributed by atoms with Crippen molar-refractivity contribution >= 4 is 11.9 Å². The van der Waals surface area contributed by atoms with Gasteiger partial charge >= 0.3 is 5.97 Å². The van der Waals surface area contributed by atoms with Crippen LogP contribution in [-0.4, -0.2) is 44.8 Å². The second-order valence-electron chi connectivity index (χ2n) is 2.96. The Hall–Kier alpha value is -2.15. The number of amides is 1. The van der Waals surface area contributed by atoms with Gasteiger partial charge in [-0.05, 0) is 6.07 Å². The molecule has 4 N–H and O–H groups in total. The van der Waals surface area contributed by atoms with Crippen molar-refractivity contribution in [3.8, 4) is 5.75 Å². The van der Waals surface area contributed by atoms with E-state index in [9.17, 15) is 14.7 Å². The van der Waals surface area contributed by atoms with Gasteiger partial charge in [0.1, 0.15) is 5.75 Å². The minimum Gasteiger partial charge on any atom is -0.505 e. The zero-order valence-corrected chi connectivity index (χ0v) is 8.12. The second-order valence-corrected chi connectivity index (χ2v) is 2.96. The van der Waals surface area contributed by atoms with E-state index in [-0.39, 0.29) is 11.3 Å². The largest absolute Gasteiger partial charge is 0.505 e. The molecule has 1 aromatic rings. The first-order chi connectivity index (χ1) is 7.52. The van der Waals surface area contributed by atoms with Crippen molar-refractivity contribution in [3.05, 3.63) is 24.0 Å². The van der Waals surface area contributed by atoms with Crippen molar-refractivity contribution in [2.45, 2.75) is 6.10 Å². The number of aliphatic carboxylic acids is 1. The Balaban J connectivity index is 2.60. The molecule has 0 spiro atoms. The number of nitrogens with one attached hydrogen (secondary N) is 1. The summed E-state index contributed by atoms with van der Waals surface area (Å²) in [6, 6.07) is 1.28. The lowest BCUT2D eigenvalue weighted by atomic mass is 10.2. The van der Waals surface area contributed by atoms with Crippen LogP contribution in [0.1, 0.15) is 10.4 Å². The Morgan fingerprint density at radius 3 is 2.75 bits per heavy atom. The van der Waals surface area contributed by atoms with Gasteiger partial charge < -0.3 is 20.6 Å². The number of carboxylic acid groups (broad SMARTS) is 1. The normalized spacial score (nSPS) is 11.8. The lowest BCUT2D eigenvalue weighted by Gasteiger charge is -2.08. The van der Waals surface area contributed by atoms with E-state index in [1.807, 2.05) is 0 Å². The Morgan fingerprint density at radius 1 is 1.50 bits per heavy atom.